The Hall–Kier alpha value is -1.30. The molecule has 0 aliphatic heterocycles. The predicted molar refractivity (Wildman–Crippen MR) is 60.9 cm³/mol. The first kappa shape index (κ1) is 10.2. The Morgan fingerprint density at radius 2 is 2.33 bits per heavy atom. The van der Waals surface area contributed by atoms with Gasteiger partial charge < -0.3 is 16.8 Å². The average Bonchev–Trinajstić information content (AvgIpc) is 2.92. The van der Waals surface area contributed by atoms with Gasteiger partial charge in [0.05, 0.1) is 0 Å². The van der Waals surface area contributed by atoms with Gasteiger partial charge >= 0.3 is 0 Å². The van der Waals surface area contributed by atoms with E-state index in [-0.39, 0.29) is 5.82 Å². The summed E-state index contributed by atoms with van der Waals surface area (Å²) in [6, 6.07) is 0.350. The molecule has 5 nitrogen and oxygen atoms in total. The second-order valence-electron chi connectivity index (χ2n) is 3.91. The molecule has 0 saturated heterocycles. The molecule has 1 aromatic rings. The molecule has 82 valence electrons. The molecule has 0 radical (unpaired) electrons. The Labute approximate surface area is 92.0 Å². The van der Waals surface area contributed by atoms with E-state index in [0.29, 0.717) is 22.5 Å². The Morgan fingerprint density at radius 3 is 2.87 bits per heavy atom. The summed E-state index contributed by atoms with van der Waals surface area (Å²) in [4.78, 5) is 11.1. The molecule has 0 aromatic carbocycles. The Morgan fingerprint density at radius 1 is 1.67 bits per heavy atom. The molecule has 1 unspecified atom stereocenters. The lowest BCUT2D eigenvalue weighted by Gasteiger charge is -2.12. The van der Waals surface area contributed by atoms with Crippen LogP contribution in [0.2, 0.25) is 0 Å². The summed E-state index contributed by atoms with van der Waals surface area (Å²) in [6.07, 6.45) is 2.49. The lowest BCUT2D eigenvalue weighted by atomic mass is 10.2. The zero-order chi connectivity index (χ0) is 11.0. The van der Waals surface area contributed by atoms with Gasteiger partial charge in [0, 0.05) is 6.04 Å². The smallest absolute Gasteiger partial charge is 0.255 e. The molecular formula is C9H14N4OS. The first-order valence-electron chi connectivity index (χ1n) is 4.91. The number of nitrogen functional groups attached to an aromatic ring is 1. The number of carbonyl (C=O) groups excluding carboxylic acids is 1. The van der Waals surface area contributed by atoms with E-state index in [1.807, 2.05) is 0 Å². The minimum atomic E-state index is -0.522. The molecule has 6 heteroatoms. The van der Waals surface area contributed by atoms with E-state index >= 15 is 0 Å². The number of hydrogen-bond acceptors (Lipinski definition) is 5. The summed E-state index contributed by atoms with van der Waals surface area (Å²) < 4.78 is 3.93. The van der Waals surface area contributed by atoms with Gasteiger partial charge in [-0.2, -0.15) is 4.37 Å². The molecule has 0 bridgehead atoms. The molecule has 1 atom stereocenters. The number of rotatable bonds is 4. The van der Waals surface area contributed by atoms with E-state index in [2.05, 4.69) is 16.6 Å². The summed E-state index contributed by atoms with van der Waals surface area (Å²) in [5.74, 6) is 0.402. The highest BCUT2D eigenvalue weighted by Crippen LogP contribution is 2.36. The van der Waals surface area contributed by atoms with Crippen LogP contribution in [0.15, 0.2) is 0 Å². The van der Waals surface area contributed by atoms with Crippen LogP contribution in [-0.2, 0) is 0 Å². The van der Waals surface area contributed by atoms with E-state index < -0.39 is 5.91 Å². The van der Waals surface area contributed by atoms with Crippen molar-refractivity contribution in [1.82, 2.24) is 4.37 Å². The van der Waals surface area contributed by atoms with Gasteiger partial charge in [-0.1, -0.05) is 0 Å². The first-order valence-corrected chi connectivity index (χ1v) is 5.68. The van der Waals surface area contributed by atoms with Gasteiger partial charge in [-0.15, -0.1) is 0 Å². The van der Waals surface area contributed by atoms with Gasteiger partial charge in [0.15, 0.2) is 5.82 Å². The Balaban J connectivity index is 2.16. The summed E-state index contributed by atoms with van der Waals surface area (Å²) in [7, 11) is 0. The number of carbonyl (C=O) groups is 1. The molecule has 2 rings (SSSR count). The van der Waals surface area contributed by atoms with Gasteiger partial charge in [0.1, 0.15) is 10.6 Å². The second kappa shape index (κ2) is 3.69. The fourth-order valence-corrected chi connectivity index (χ4v) is 2.38. The van der Waals surface area contributed by atoms with Crippen molar-refractivity contribution in [3.8, 4) is 0 Å². The van der Waals surface area contributed by atoms with Crippen molar-refractivity contribution in [1.29, 1.82) is 0 Å². The Bertz CT molecular complexity index is 385. The van der Waals surface area contributed by atoms with Gasteiger partial charge in [0.2, 0.25) is 0 Å². The normalized spacial score (nSPS) is 17.4. The number of nitrogens with two attached hydrogens (primary N) is 2. The highest BCUT2D eigenvalue weighted by Gasteiger charge is 2.29. The van der Waals surface area contributed by atoms with Crippen molar-refractivity contribution in [2.75, 3.05) is 11.1 Å². The third-order valence-corrected chi connectivity index (χ3v) is 3.45. The second-order valence-corrected chi connectivity index (χ2v) is 4.68. The minimum Gasteiger partial charge on any atom is -0.382 e. The van der Waals surface area contributed by atoms with Crippen molar-refractivity contribution < 1.29 is 4.79 Å². The molecule has 1 aliphatic rings. The number of aromatic nitrogens is 1. The largest absolute Gasteiger partial charge is 0.382 e. The third-order valence-electron chi connectivity index (χ3n) is 2.65. The van der Waals surface area contributed by atoms with E-state index in [1.165, 1.54) is 24.4 Å². The van der Waals surface area contributed by atoms with Crippen LogP contribution in [0.4, 0.5) is 10.8 Å². The van der Waals surface area contributed by atoms with Crippen molar-refractivity contribution in [3.05, 3.63) is 5.56 Å². The van der Waals surface area contributed by atoms with E-state index in [9.17, 15) is 4.79 Å². The fourth-order valence-electron chi connectivity index (χ4n) is 1.56. The lowest BCUT2D eigenvalue weighted by Crippen LogP contribution is -2.20. The van der Waals surface area contributed by atoms with Crippen LogP contribution in [0.5, 0.6) is 0 Å². The van der Waals surface area contributed by atoms with E-state index in [1.54, 1.807) is 0 Å². The highest BCUT2D eigenvalue weighted by molar-refractivity contribution is 7.11. The van der Waals surface area contributed by atoms with Crippen LogP contribution < -0.4 is 16.8 Å². The van der Waals surface area contributed by atoms with E-state index in [4.69, 9.17) is 11.5 Å². The van der Waals surface area contributed by atoms with Gasteiger partial charge in [-0.3, -0.25) is 4.79 Å². The van der Waals surface area contributed by atoms with Crippen LogP contribution in [0.3, 0.4) is 0 Å². The average molecular weight is 226 g/mol. The molecular weight excluding hydrogens is 212 g/mol. The van der Waals surface area contributed by atoms with Gasteiger partial charge in [-0.05, 0) is 37.2 Å². The molecule has 1 aliphatic carbocycles. The maximum absolute atomic E-state index is 11.1. The standard InChI is InChI=1S/C9H14N4OS/c1-4(5-2-3-5)12-9-6(8(11)14)7(10)13-15-9/h4-5,12H,2-3H2,1H3,(H2,10,13)(H2,11,14). The Kier molecular flexibility index (Phi) is 2.52. The maximum atomic E-state index is 11.1. The SMILES string of the molecule is CC(Nc1snc(N)c1C(N)=O)C1CC1. The topological polar surface area (TPSA) is 94.0 Å². The maximum Gasteiger partial charge on any atom is 0.255 e. The number of nitrogens with one attached hydrogen (secondary N) is 1. The van der Waals surface area contributed by atoms with Crippen molar-refractivity contribution in [2.45, 2.75) is 25.8 Å². The predicted octanol–water partition coefficient (Wildman–Crippen LogP) is 1.03. The van der Waals surface area contributed by atoms with Crippen LogP contribution >= 0.6 is 11.5 Å². The lowest BCUT2D eigenvalue weighted by molar-refractivity contribution is 0.100. The highest BCUT2D eigenvalue weighted by atomic mass is 32.1. The molecule has 1 fully saturated rings. The first-order chi connectivity index (χ1) is 7.09. The van der Waals surface area contributed by atoms with E-state index in [0.717, 1.165) is 0 Å². The van der Waals surface area contributed by atoms with Crippen molar-refractivity contribution in [2.24, 2.45) is 11.7 Å². The molecule has 1 amide bonds. The number of hydrogen-bond donors (Lipinski definition) is 3. The van der Waals surface area contributed by atoms with Gasteiger partial charge in [0.25, 0.3) is 5.91 Å². The fraction of sp³-hybridized carbons (Fsp3) is 0.556. The quantitative estimate of drug-likeness (QED) is 0.714. The summed E-state index contributed by atoms with van der Waals surface area (Å²) in [6.45, 7) is 2.10. The number of amides is 1. The van der Waals surface area contributed by atoms with Crippen molar-refractivity contribution >= 4 is 28.3 Å². The molecule has 5 N–H and O–H groups in total. The van der Waals surface area contributed by atoms with Crippen LogP contribution in [0.1, 0.15) is 30.1 Å². The molecule has 1 aromatic heterocycles. The summed E-state index contributed by atoms with van der Waals surface area (Å²) >= 11 is 1.19. The van der Waals surface area contributed by atoms with Crippen LogP contribution in [0.25, 0.3) is 0 Å². The van der Waals surface area contributed by atoms with Crippen LogP contribution in [-0.4, -0.2) is 16.3 Å². The van der Waals surface area contributed by atoms with Crippen molar-refractivity contribution in [3.63, 3.8) is 0 Å². The third kappa shape index (κ3) is 2.04. The minimum absolute atomic E-state index is 0.220. The van der Waals surface area contributed by atoms with Gasteiger partial charge in [-0.25, -0.2) is 0 Å². The zero-order valence-corrected chi connectivity index (χ0v) is 9.30. The monoisotopic (exact) mass is 226 g/mol. The number of nitrogens with zero attached hydrogens (tertiary/aromatic N) is 1. The molecule has 15 heavy (non-hydrogen) atoms. The summed E-state index contributed by atoms with van der Waals surface area (Å²) in [5, 5.41) is 3.94. The zero-order valence-electron chi connectivity index (χ0n) is 8.49. The number of anilines is 2. The molecule has 1 heterocycles. The summed E-state index contributed by atoms with van der Waals surface area (Å²) in [5.41, 5.74) is 11.1. The number of primary amides is 1. The molecule has 0 spiro atoms. The molecule has 1 saturated carbocycles. The van der Waals surface area contributed by atoms with Crippen LogP contribution in [0, 0.1) is 5.92 Å².